The van der Waals surface area contributed by atoms with Crippen molar-refractivity contribution in [2.24, 2.45) is 17.5 Å². The normalized spacial score (nSPS) is 15.0. The van der Waals surface area contributed by atoms with Crippen LogP contribution in [-0.4, -0.2) is 66.9 Å². The third-order valence-corrected chi connectivity index (χ3v) is 9.77. The van der Waals surface area contributed by atoms with Gasteiger partial charge in [-0.25, -0.2) is 27.8 Å². The average Bonchev–Trinajstić information content (AvgIpc) is 3.40. The van der Waals surface area contributed by atoms with E-state index < -0.39 is 21.7 Å². The molecule has 0 bridgehead atoms. The standard InChI is InChI=1S/C33H38F2N6O4S/c1-2-29(42)33-32(25-18-23(34)8-11-28(25)39-33)27(36)20-41(37)19-21-12-15-40(16-13-21)17-14-38-46(44,45)24-9-6-22(7-10-24)31-26(35)4-3-5-30(31)43/h3-11,18,20-21,38-39,43H,2,12-17,19,36-37H2,1H3/b27-20-. The van der Waals surface area contributed by atoms with Crippen LogP contribution in [0, 0.1) is 17.6 Å². The molecule has 0 saturated carbocycles. The summed E-state index contributed by atoms with van der Waals surface area (Å²) in [7, 11) is -3.78. The van der Waals surface area contributed by atoms with Gasteiger partial charge in [0.25, 0.3) is 0 Å². The molecule has 13 heteroatoms. The van der Waals surface area contributed by atoms with E-state index in [4.69, 9.17) is 11.6 Å². The van der Waals surface area contributed by atoms with E-state index in [9.17, 15) is 27.1 Å². The first-order valence-electron chi connectivity index (χ1n) is 15.1. The molecule has 2 heterocycles. The largest absolute Gasteiger partial charge is 0.507 e. The molecular formula is C33H38F2N6O4S. The van der Waals surface area contributed by atoms with E-state index >= 15 is 0 Å². The number of halogens is 2. The fraction of sp³-hybridized carbons (Fsp3) is 0.303. The third kappa shape index (κ3) is 7.39. The minimum Gasteiger partial charge on any atom is -0.507 e. The summed E-state index contributed by atoms with van der Waals surface area (Å²) in [5.74, 6) is 5.18. The Morgan fingerprint density at radius 3 is 2.52 bits per heavy atom. The number of Topliss-reactive ketones (excluding diaryl/α,β-unsaturated/α-hetero) is 1. The maximum atomic E-state index is 14.2. The zero-order valence-corrected chi connectivity index (χ0v) is 26.3. The third-order valence-electron chi connectivity index (χ3n) is 8.30. The number of carbonyl (C=O) groups is 1. The summed E-state index contributed by atoms with van der Waals surface area (Å²) < 4.78 is 56.5. The second-order valence-electron chi connectivity index (χ2n) is 11.5. The molecule has 0 radical (unpaired) electrons. The molecule has 0 atom stereocenters. The zero-order valence-electron chi connectivity index (χ0n) is 25.5. The van der Waals surface area contributed by atoms with Gasteiger partial charge >= 0.3 is 0 Å². The minimum atomic E-state index is -3.78. The Balaban J connectivity index is 1.12. The number of ketones is 1. The Morgan fingerprint density at radius 2 is 1.85 bits per heavy atom. The molecule has 1 aliphatic rings. The summed E-state index contributed by atoms with van der Waals surface area (Å²) in [5, 5.41) is 12.0. The number of piperidine rings is 1. The highest BCUT2D eigenvalue weighted by Crippen LogP contribution is 2.32. The first kappa shape index (κ1) is 33.1. The van der Waals surface area contributed by atoms with Crippen molar-refractivity contribution in [1.29, 1.82) is 0 Å². The maximum absolute atomic E-state index is 14.2. The summed E-state index contributed by atoms with van der Waals surface area (Å²) in [6, 6.07) is 13.9. The van der Waals surface area contributed by atoms with E-state index in [-0.39, 0.29) is 46.6 Å². The lowest BCUT2D eigenvalue weighted by Gasteiger charge is -2.33. The van der Waals surface area contributed by atoms with E-state index in [1.54, 1.807) is 19.2 Å². The second kappa shape index (κ2) is 14.0. The predicted octanol–water partition coefficient (Wildman–Crippen LogP) is 4.53. The molecule has 1 fully saturated rings. The van der Waals surface area contributed by atoms with Crippen molar-refractivity contribution in [2.45, 2.75) is 31.1 Å². The quantitative estimate of drug-likeness (QED) is 0.0849. The number of hydrogen-bond acceptors (Lipinski definition) is 8. The molecule has 7 N–H and O–H groups in total. The number of likely N-dealkylation sites (tertiary alicyclic amines) is 1. The fourth-order valence-corrected chi connectivity index (χ4v) is 6.88. The zero-order chi connectivity index (χ0) is 33.0. The lowest BCUT2D eigenvalue weighted by atomic mass is 9.96. The van der Waals surface area contributed by atoms with Crippen molar-refractivity contribution >= 4 is 32.4 Å². The summed E-state index contributed by atoms with van der Waals surface area (Å²) in [6.45, 7) is 4.54. The van der Waals surface area contributed by atoms with Crippen molar-refractivity contribution in [3.63, 3.8) is 0 Å². The molecule has 0 spiro atoms. The molecule has 4 aromatic rings. The van der Waals surface area contributed by atoms with Crippen LogP contribution < -0.4 is 16.3 Å². The summed E-state index contributed by atoms with van der Waals surface area (Å²) in [4.78, 5) is 17.9. The first-order valence-corrected chi connectivity index (χ1v) is 16.6. The Bertz CT molecular complexity index is 1830. The van der Waals surface area contributed by atoms with E-state index in [2.05, 4.69) is 14.6 Å². The maximum Gasteiger partial charge on any atom is 0.240 e. The van der Waals surface area contributed by atoms with Gasteiger partial charge in [-0.05, 0) is 79.9 Å². The topological polar surface area (TPSA) is 158 Å². The number of H-pyrrole nitrogens is 1. The highest BCUT2D eigenvalue weighted by Gasteiger charge is 2.23. The van der Waals surface area contributed by atoms with E-state index in [0.29, 0.717) is 40.8 Å². The Labute approximate surface area is 266 Å². The number of phenols is 1. The smallest absolute Gasteiger partial charge is 0.240 e. The number of nitrogens with two attached hydrogens (primary N) is 2. The van der Waals surface area contributed by atoms with Gasteiger partial charge in [0.15, 0.2) is 5.78 Å². The predicted molar refractivity (Wildman–Crippen MR) is 174 cm³/mol. The first-order chi connectivity index (χ1) is 22.0. The number of aromatic nitrogens is 1. The number of hydrogen-bond donors (Lipinski definition) is 5. The van der Waals surface area contributed by atoms with Crippen LogP contribution in [0.5, 0.6) is 5.75 Å². The summed E-state index contributed by atoms with van der Waals surface area (Å²) >= 11 is 0. The van der Waals surface area contributed by atoms with Crippen LogP contribution in [0.3, 0.4) is 0 Å². The molecule has 1 saturated heterocycles. The van der Waals surface area contributed by atoms with Crippen LogP contribution >= 0.6 is 0 Å². The molecule has 46 heavy (non-hydrogen) atoms. The van der Waals surface area contributed by atoms with Crippen LogP contribution in [-0.2, 0) is 10.0 Å². The summed E-state index contributed by atoms with van der Waals surface area (Å²) in [5.41, 5.74) is 8.44. The highest BCUT2D eigenvalue weighted by atomic mass is 32.2. The van der Waals surface area contributed by atoms with Crippen molar-refractivity contribution in [3.8, 4) is 16.9 Å². The SMILES string of the molecule is CCC(=O)c1[nH]c2ccc(F)cc2c1/C(N)=C/N(N)CC1CCN(CCNS(=O)(=O)c2ccc(-c3c(O)cccc3F)cc2)CC1. The number of sulfonamides is 1. The molecule has 0 amide bonds. The number of phenolic OH excluding ortho intramolecular Hbond substituents is 1. The van der Waals surface area contributed by atoms with Gasteiger partial charge in [-0.2, -0.15) is 0 Å². The van der Waals surface area contributed by atoms with Gasteiger partial charge in [0.1, 0.15) is 17.4 Å². The number of carbonyl (C=O) groups excluding carboxylic acids is 1. The number of aromatic amines is 1. The number of nitrogens with one attached hydrogen (secondary N) is 2. The van der Waals surface area contributed by atoms with Gasteiger partial charge in [0.05, 0.1) is 21.8 Å². The Morgan fingerprint density at radius 1 is 1.13 bits per heavy atom. The van der Waals surface area contributed by atoms with Gasteiger partial charge in [-0.1, -0.05) is 25.1 Å². The second-order valence-corrected chi connectivity index (χ2v) is 13.2. The Hall–Kier alpha value is -4.30. The molecule has 244 valence electrons. The minimum absolute atomic E-state index is 0.0172. The van der Waals surface area contributed by atoms with Crippen LogP contribution in [0.4, 0.5) is 8.78 Å². The molecule has 1 aliphatic heterocycles. The molecular weight excluding hydrogens is 614 g/mol. The molecule has 5 rings (SSSR count). The number of aromatic hydroxyl groups is 1. The lowest BCUT2D eigenvalue weighted by Crippen LogP contribution is -2.42. The monoisotopic (exact) mass is 652 g/mol. The number of rotatable bonds is 12. The van der Waals surface area contributed by atoms with Crippen molar-refractivity contribution in [1.82, 2.24) is 19.6 Å². The van der Waals surface area contributed by atoms with Crippen LogP contribution in [0.25, 0.3) is 27.7 Å². The lowest BCUT2D eigenvalue weighted by molar-refractivity contribution is 0.0984. The van der Waals surface area contributed by atoms with Crippen molar-refractivity contribution < 1.29 is 27.1 Å². The van der Waals surface area contributed by atoms with Crippen LogP contribution in [0.15, 0.2) is 71.8 Å². The Kier molecular flexibility index (Phi) is 10.1. The average molecular weight is 653 g/mol. The highest BCUT2D eigenvalue weighted by molar-refractivity contribution is 7.89. The van der Waals surface area contributed by atoms with E-state index in [1.165, 1.54) is 59.6 Å². The van der Waals surface area contributed by atoms with Crippen LogP contribution in [0.2, 0.25) is 0 Å². The molecule has 3 aromatic carbocycles. The molecule has 1 aromatic heterocycles. The van der Waals surface area contributed by atoms with Gasteiger partial charge in [-0.3, -0.25) is 4.79 Å². The molecule has 0 aliphatic carbocycles. The van der Waals surface area contributed by atoms with Crippen molar-refractivity contribution in [2.75, 3.05) is 32.7 Å². The van der Waals surface area contributed by atoms with Gasteiger partial charge in [0, 0.05) is 48.7 Å². The summed E-state index contributed by atoms with van der Waals surface area (Å²) in [6.07, 6.45) is 3.53. The van der Waals surface area contributed by atoms with Gasteiger partial charge in [-0.15, -0.1) is 0 Å². The van der Waals surface area contributed by atoms with Gasteiger partial charge < -0.3 is 25.7 Å². The van der Waals surface area contributed by atoms with E-state index in [1.807, 2.05) is 0 Å². The number of benzene rings is 3. The van der Waals surface area contributed by atoms with Gasteiger partial charge in [0.2, 0.25) is 10.0 Å². The fourth-order valence-electron chi connectivity index (χ4n) is 5.86. The molecule has 10 nitrogen and oxygen atoms in total. The van der Waals surface area contributed by atoms with Crippen LogP contribution in [0.1, 0.15) is 42.2 Å². The number of hydrazine groups is 1. The van der Waals surface area contributed by atoms with E-state index in [0.717, 1.165) is 25.9 Å². The number of nitrogens with zero attached hydrogens (tertiary/aromatic N) is 2. The number of fused-ring (bicyclic) bond motifs is 1. The van der Waals surface area contributed by atoms with Crippen molar-refractivity contribution in [3.05, 3.63) is 89.8 Å². The molecule has 0 unspecified atom stereocenters.